The highest BCUT2D eigenvalue weighted by Gasteiger charge is 2.40. The van der Waals surface area contributed by atoms with Crippen molar-refractivity contribution in [3.8, 4) is 0 Å². The Bertz CT molecular complexity index is 715. The van der Waals surface area contributed by atoms with Gasteiger partial charge in [0.2, 0.25) is 0 Å². The van der Waals surface area contributed by atoms with Gasteiger partial charge in [-0.15, -0.1) is 0 Å². The van der Waals surface area contributed by atoms with Crippen LogP contribution in [0, 0.1) is 0 Å². The van der Waals surface area contributed by atoms with Crippen LogP contribution >= 0.6 is 11.6 Å². The number of nitrogens with two attached hydrogens (primary N) is 1. The maximum Gasteiger partial charge on any atom is 0.136 e. The smallest absolute Gasteiger partial charge is 0.136 e. The van der Waals surface area contributed by atoms with Gasteiger partial charge in [-0.05, 0) is 69.0 Å². The third kappa shape index (κ3) is 5.57. The van der Waals surface area contributed by atoms with E-state index in [9.17, 15) is 5.11 Å². The van der Waals surface area contributed by atoms with Gasteiger partial charge >= 0.3 is 0 Å². The zero-order valence-electron chi connectivity index (χ0n) is 16.9. The molecular formula is C24H33ClN2O. The molecule has 0 radical (unpaired) electrons. The van der Waals surface area contributed by atoms with Gasteiger partial charge in [0.1, 0.15) is 5.72 Å². The highest BCUT2D eigenvalue weighted by Crippen LogP contribution is 2.44. The Morgan fingerprint density at radius 3 is 2.04 bits per heavy atom. The fourth-order valence-electron chi connectivity index (χ4n) is 4.27. The van der Waals surface area contributed by atoms with Gasteiger partial charge in [0, 0.05) is 17.0 Å². The normalized spacial score (nSPS) is 21.0. The fraction of sp³-hybridized carbons (Fsp3) is 0.500. The van der Waals surface area contributed by atoms with Crippen molar-refractivity contribution in [3.05, 3.63) is 70.7 Å². The number of benzene rings is 2. The number of nitrogens with zero attached hydrogens (tertiary/aromatic N) is 1. The van der Waals surface area contributed by atoms with Crippen molar-refractivity contribution in [1.29, 1.82) is 0 Å². The zero-order valence-corrected chi connectivity index (χ0v) is 17.7. The molecule has 1 saturated heterocycles. The molecule has 2 aliphatic rings. The molecule has 1 heterocycles. The van der Waals surface area contributed by atoms with E-state index in [1.165, 1.54) is 63.7 Å². The third-order valence-corrected chi connectivity index (χ3v) is 6.35. The molecule has 4 rings (SSSR count). The number of rotatable bonds is 4. The van der Waals surface area contributed by atoms with E-state index in [1.807, 2.05) is 30.3 Å². The molecule has 2 aromatic rings. The van der Waals surface area contributed by atoms with Gasteiger partial charge in [-0.1, -0.05) is 66.9 Å². The summed E-state index contributed by atoms with van der Waals surface area (Å²) < 4.78 is 0. The SMILES string of the molecule is CC(N)(O)c1ccccc1.Clc1ccc(C2(CN3CCCCC3)CCC2)cc1. The summed E-state index contributed by atoms with van der Waals surface area (Å²) in [7, 11) is 0. The largest absolute Gasteiger partial charge is 0.372 e. The first-order chi connectivity index (χ1) is 13.4. The number of aliphatic hydroxyl groups is 1. The molecule has 2 aromatic carbocycles. The van der Waals surface area contributed by atoms with Crippen LogP contribution in [-0.4, -0.2) is 29.6 Å². The minimum Gasteiger partial charge on any atom is -0.372 e. The van der Waals surface area contributed by atoms with Gasteiger partial charge in [-0.25, -0.2) is 0 Å². The monoisotopic (exact) mass is 400 g/mol. The molecule has 1 aliphatic carbocycles. The van der Waals surface area contributed by atoms with Crippen molar-refractivity contribution in [1.82, 2.24) is 4.90 Å². The molecule has 1 unspecified atom stereocenters. The Hall–Kier alpha value is -1.39. The van der Waals surface area contributed by atoms with Crippen molar-refractivity contribution in [2.45, 2.75) is 56.6 Å². The summed E-state index contributed by atoms with van der Waals surface area (Å²) in [4.78, 5) is 2.68. The number of hydrogen-bond donors (Lipinski definition) is 2. The Balaban J connectivity index is 0.000000192. The second-order valence-corrected chi connectivity index (χ2v) is 8.93. The molecule has 152 valence electrons. The molecule has 1 saturated carbocycles. The fourth-order valence-corrected chi connectivity index (χ4v) is 4.39. The summed E-state index contributed by atoms with van der Waals surface area (Å²) in [6.07, 6.45) is 8.28. The summed E-state index contributed by atoms with van der Waals surface area (Å²) in [6.45, 7) is 5.42. The Morgan fingerprint density at radius 1 is 0.964 bits per heavy atom. The molecule has 0 aromatic heterocycles. The second-order valence-electron chi connectivity index (χ2n) is 8.49. The van der Waals surface area contributed by atoms with Crippen LogP contribution in [0.5, 0.6) is 0 Å². The van der Waals surface area contributed by atoms with Crippen LogP contribution in [0.15, 0.2) is 54.6 Å². The van der Waals surface area contributed by atoms with Crippen molar-refractivity contribution >= 4 is 11.6 Å². The molecule has 1 atom stereocenters. The molecule has 2 fully saturated rings. The topological polar surface area (TPSA) is 49.5 Å². The lowest BCUT2D eigenvalue weighted by Gasteiger charge is -2.46. The van der Waals surface area contributed by atoms with Gasteiger partial charge in [-0.2, -0.15) is 0 Å². The third-order valence-electron chi connectivity index (χ3n) is 6.10. The Labute approximate surface area is 174 Å². The molecule has 4 heteroatoms. The lowest BCUT2D eigenvalue weighted by atomic mass is 9.64. The maximum absolute atomic E-state index is 9.27. The van der Waals surface area contributed by atoms with E-state index in [1.54, 1.807) is 19.1 Å². The highest BCUT2D eigenvalue weighted by atomic mass is 35.5. The minimum atomic E-state index is -1.21. The predicted molar refractivity (Wildman–Crippen MR) is 117 cm³/mol. The minimum absolute atomic E-state index is 0.432. The van der Waals surface area contributed by atoms with Gasteiger partial charge in [0.15, 0.2) is 0 Å². The van der Waals surface area contributed by atoms with E-state index in [2.05, 4.69) is 17.0 Å². The summed E-state index contributed by atoms with van der Waals surface area (Å²) in [5, 5.41) is 10.1. The van der Waals surface area contributed by atoms with Crippen LogP contribution in [0.25, 0.3) is 0 Å². The average molecular weight is 401 g/mol. The van der Waals surface area contributed by atoms with E-state index in [0.717, 1.165) is 10.6 Å². The maximum atomic E-state index is 9.27. The van der Waals surface area contributed by atoms with Gasteiger partial charge < -0.3 is 15.7 Å². The standard InChI is InChI=1S/C16H22ClN.C8H11NO/c17-15-7-5-14(6-8-15)16(9-4-10-16)13-18-11-2-1-3-12-18;1-8(9,10)7-5-3-2-4-6-7/h5-8H,1-4,9-13H2;2-6,10H,9H2,1H3. The van der Waals surface area contributed by atoms with Crippen molar-refractivity contribution < 1.29 is 5.11 Å². The number of piperidine rings is 1. The quantitative estimate of drug-likeness (QED) is 0.705. The zero-order chi connectivity index (χ0) is 20.0. The first-order valence-electron chi connectivity index (χ1n) is 10.4. The summed E-state index contributed by atoms with van der Waals surface area (Å²) >= 11 is 6.00. The van der Waals surface area contributed by atoms with Crippen LogP contribution in [0.3, 0.4) is 0 Å². The molecule has 0 amide bonds. The van der Waals surface area contributed by atoms with Crippen LogP contribution < -0.4 is 5.73 Å². The van der Waals surface area contributed by atoms with E-state index in [0.29, 0.717) is 5.41 Å². The first kappa shape index (κ1) is 21.3. The van der Waals surface area contributed by atoms with Crippen molar-refractivity contribution in [2.75, 3.05) is 19.6 Å². The lowest BCUT2D eigenvalue weighted by molar-refractivity contribution is 0.0647. The summed E-state index contributed by atoms with van der Waals surface area (Å²) in [6, 6.07) is 17.7. The number of likely N-dealkylation sites (tertiary alicyclic amines) is 1. The van der Waals surface area contributed by atoms with Crippen LogP contribution in [0.4, 0.5) is 0 Å². The molecule has 3 nitrogen and oxygen atoms in total. The molecule has 28 heavy (non-hydrogen) atoms. The van der Waals surface area contributed by atoms with E-state index < -0.39 is 5.72 Å². The molecule has 1 aliphatic heterocycles. The van der Waals surface area contributed by atoms with Crippen molar-refractivity contribution in [2.24, 2.45) is 5.73 Å². The summed E-state index contributed by atoms with van der Waals surface area (Å²) in [5.41, 5.74) is 6.87. The van der Waals surface area contributed by atoms with E-state index >= 15 is 0 Å². The average Bonchev–Trinajstić information content (AvgIpc) is 2.67. The Kier molecular flexibility index (Phi) is 7.16. The molecular weight excluding hydrogens is 368 g/mol. The van der Waals surface area contributed by atoms with Gasteiger partial charge in [-0.3, -0.25) is 0 Å². The van der Waals surface area contributed by atoms with Gasteiger partial charge in [0.05, 0.1) is 0 Å². The van der Waals surface area contributed by atoms with Gasteiger partial charge in [0.25, 0.3) is 0 Å². The predicted octanol–water partition coefficient (Wildman–Crippen LogP) is 5.06. The van der Waals surface area contributed by atoms with E-state index in [-0.39, 0.29) is 0 Å². The van der Waals surface area contributed by atoms with Crippen LogP contribution in [-0.2, 0) is 11.1 Å². The Morgan fingerprint density at radius 2 is 1.57 bits per heavy atom. The number of hydrogen-bond acceptors (Lipinski definition) is 3. The highest BCUT2D eigenvalue weighted by molar-refractivity contribution is 6.30. The van der Waals surface area contributed by atoms with Crippen LogP contribution in [0.2, 0.25) is 5.02 Å². The number of halogens is 1. The van der Waals surface area contributed by atoms with E-state index in [4.69, 9.17) is 17.3 Å². The lowest BCUT2D eigenvalue weighted by Crippen LogP contribution is -2.47. The van der Waals surface area contributed by atoms with Crippen molar-refractivity contribution in [3.63, 3.8) is 0 Å². The second kappa shape index (κ2) is 9.41. The molecule has 3 N–H and O–H groups in total. The molecule has 0 spiro atoms. The van der Waals surface area contributed by atoms with Crippen LogP contribution in [0.1, 0.15) is 56.6 Å². The summed E-state index contributed by atoms with van der Waals surface area (Å²) in [5.74, 6) is 0. The first-order valence-corrected chi connectivity index (χ1v) is 10.8. The molecule has 0 bridgehead atoms.